The Morgan fingerprint density at radius 3 is 3.00 bits per heavy atom. The van der Waals surface area contributed by atoms with E-state index in [1.54, 1.807) is 12.3 Å². The van der Waals surface area contributed by atoms with E-state index in [-0.39, 0.29) is 0 Å². The van der Waals surface area contributed by atoms with Crippen LogP contribution in [-0.2, 0) is 6.61 Å². The van der Waals surface area contributed by atoms with Gasteiger partial charge in [0, 0.05) is 18.0 Å². The van der Waals surface area contributed by atoms with Crippen molar-refractivity contribution >= 4 is 5.82 Å². The number of aromatic nitrogens is 3. The summed E-state index contributed by atoms with van der Waals surface area (Å²) in [4.78, 5) is 3.96. The molecule has 0 bridgehead atoms. The lowest BCUT2D eigenvalue weighted by atomic mass is 10.1. The number of nitrogens with two attached hydrogens (primary N) is 1. The van der Waals surface area contributed by atoms with Crippen molar-refractivity contribution in [2.75, 3.05) is 5.73 Å². The molecule has 0 aliphatic carbocycles. The molecule has 0 aliphatic rings. The molecule has 2 heterocycles. The lowest BCUT2D eigenvalue weighted by Gasteiger charge is -2.08. The molecule has 5 nitrogen and oxygen atoms in total. The van der Waals surface area contributed by atoms with Gasteiger partial charge < -0.3 is 10.5 Å². The molecule has 0 spiro atoms. The van der Waals surface area contributed by atoms with Crippen molar-refractivity contribution in [3.63, 3.8) is 0 Å². The third-order valence-electron chi connectivity index (χ3n) is 3.16. The first-order valence-corrected chi connectivity index (χ1v) is 6.57. The minimum atomic E-state index is 0.439. The number of ether oxygens (including phenoxy) is 1. The minimum Gasteiger partial charge on any atom is -0.489 e. The summed E-state index contributed by atoms with van der Waals surface area (Å²) in [6, 6.07) is 12.5. The van der Waals surface area contributed by atoms with Gasteiger partial charge in [-0.1, -0.05) is 0 Å². The maximum absolute atomic E-state index is 5.78. The summed E-state index contributed by atoms with van der Waals surface area (Å²) in [6.45, 7) is 2.40. The second-order valence-corrected chi connectivity index (χ2v) is 4.72. The van der Waals surface area contributed by atoms with Crippen molar-refractivity contribution < 1.29 is 4.74 Å². The van der Waals surface area contributed by atoms with Crippen molar-refractivity contribution in [2.45, 2.75) is 13.5 Å². The van der Waals surface area contributed by atoms with Crippen LogP contribution in [0.4, 0.5) is 5.82 Å². The van der Waals surface area contributed by atoms with Crippen LogP contribution in [-0.4, -0.2) is 15.2 Å². The van der Waals surface area contributed by atoms with Gasteiger partial charge in [0.15, 0.2) is 0 Å². The average Bonchev–Trinajstić information content (AvgIpc) is 2.92. The molecule has 0 saturated heterocycles. The molecule has 0 atom stereocenters. The van der Waals surface area contributed by atoms with E-state index < -0.39 is 0 Å². The number of hydrogen-bond acceptors (Lipinski definition) is 4. The van der Waals surface area contributed by atoms with Crippen LogP contribution in [0.15, 0.2) is 42.7 Å². The summed E-state index contributed by atoms with van der Waals surface area (Å²) >= 11 is 0. The van der Waals surface area contributed by atoms with E-state index in [9.17, 15) is 0 Å². The van der Waals surface area contributed by atoms with Gasteiger partial charge in [0.1, 0.15) is 18.2 Å². The number of H-pyrrole nitrogens is 1. The van der Waals surface area contributed by atoms with Crippen LogP contribution < -0.4 is 10.5 Å². The minimum absolute atomic E-state index is 0.439. The molecule has 1 radical (unpaired) electrons. The number of benzene rings is 1. The molecule has 5 heteroatoms. The third-order valence-corrected chi connectivity index (χ3v) is 3.16. The van der Waals surface area contributed by atoms with Crippen molar-refractivity contribution in [1.82, 2.24) is 15.2 Å². The highest BCUT2D eigenvalue weighted by atomic mass is 16.5. The predicted octanol–water partition coefficient (Wildman–Crippen LogP) is 2.74. The molecule has 0 saturated carbocycles. The number of nitrogen functional groups attached to an aromatic ring is 1. The van der Waals surface area contributed by atoms with Crippen LogP contribution in [0.2, 0.25) is 0 Å². The molecule has 3 rings (SSSR count). The van der Waals surface area contributed by atoms with Gasteiger partial charge in [0.25, 0.3) is 0 Å². The summed E-state index contributed by atoms with van der Waals surface area (Å²) in [5, 5.41) is 6.98. The van der Waals surface area contributed by atoms with Gasteiger partial charge in [0.05, 0.1) is 5.69 Å². The Morgan fingerprint density at radius 1 is 1.33 bits per heavy atom. The van der Waals surface area contributed by atoms with Gasteiger partial charge in [-0.15, -0.1) is 0 Å². The van der Waals surface area contributed by atoms with Crippen LogP contribution in [0.1, 0.15) is 11.3 Å². The number of nitrogens with zero attached hydrogens (tertiary/aromatic N) is 2. The molecule has 0 aliphatic heterocycles. The average molecular weight is 279 g/mol. The van der Waals surface area contributed by atoms with Crippen LogP contribution in [0.5, 0.6) is 5.75 Å². The largest absolute Gasteiger partial charge is 0.489 e. The van der Waals surface area contributed by atoms with E-state index in [1.807, 2.05) is 37.4 Å². The molecule has 105 valence electrons. The SMILES string of the molecule is Cc1n[nH]cc1-c1c[c]cc(OCc2ccnc(N)c2)c1. The maximum atomic E-state index is 5.78. The van der Waals surface area contributed by atoms with Gasteiger partial charge in [-0.05, 0) is 54.4 Å². The number of hydrogen-bond donors (Lipinski definition) is 2. The number of rotatable bonds is 4. The molecule has 2 aromatic heterocycles. The quantitative estimate of drug-likeness (QED) is 0.770. The summed E-state index contributed by atoms with van der Waals surface area (Å²) < 4.78 is 5.78. The van der Waals surface area contributed by atoms with Crippen LogP contribution in [0, 0.1) is 13.0 Å². The van der Waals surface area contributed by atoms with Gasteiger partial charge in [0.2, 0.25) is 0 Å². The third kappa shape index (κ3) is 3.02. The van der Waals surface area contributed by atoms with E-state index in [0.717, 1.165) is 28.1 Å². The highest BCUT2D eigenvalue weighted by Crippen LogP contribution is 2.25. The molecule has 1 aromatic carbocycles. The van der Waals surface area contributed by atoms with E-state index in [1.165, 1.54) is 0 Å². The van der Waals surface area contributed by atoms with Gasteiger partial charge in [-0.2, -0.15) is 5.10 Å². The second-order valence-electron chi connectivity index (χ2n) is 4.72. The lowest BCUT2D eigenvalue weighted by Crippen LogP contribution is -1.98. The lowest BCUT2D eigenvalue weighted by molar-refractivity contribution is 0.306. The molecular formula is C16H15N4O. The summed E-state index contributed by atoms with van der Waals surface area (Å²) in [7, 11) is 0. The Labute approximate surface area is 122 Å². The highest BCUT2D eigenvalue weighted by Gasteiger charge is 2.05. The van der Waals surface area contributed by atoms with Crippen molar-refractivity contribution in [1.29, 1.82) is 0 Å². The first-order valence-electron chi connectivity index (χ1n) is 6.57. The summed E-state index contributed by atoms with van der Waals surface area (Å²) in [5.41, 5.74) is 9.64. The van der Waals surface area contributed by atoms with Gasteiger partial charge in [-0.3, -0.25) is 5.10 Å². The normalized spacial score (nSPS) is 10.5. The van der Waals surface area contributed by atoms with Gasteiger partial charge in [-0.25, -0.2) is 4.98 Å². The molecule has 21 heavy (non-hydrogen) atoms. The smallest absolute Gasteiger partial charge is 0.123 e. The second kappa shape index (κ2) is 5.66. The van der Waals surface area contributed by atoms with E-state index in [2.05, 4.69) is 21.2 Å². The zero-order valence-electron chi connectivity index (χ0n) is 11.6. The topological polar surface area (TPSA) is 76.8 Å². The Hall–Kier alpha value is -2.82. The Kier molecular flexibility index (Phi) is 3.55. The molecule has 3 aromatic rings. The van der Waals surface area contributed by atoms with Crippen LogP contribution >= 0.6 is 0 Å². The molecule has 0 amide bonds. The fraction of sp³-hybridized carbons (Fsp3) is 0.125. The maximum Gasteiger partial charge on any atom is 0.123 e. The number of anilines is 1. The fourth-order valence-electron chi connectivity index (χ4n) is 2.09. The van der Waals surface area contributed by atoms with E-state index in [4.69, 9.17) is 10.5 Å². The number of nitrogens with one attached hydrogen (secondary N) is 1. The van der Waals surface area contributed by atoms with Gasteiger partial charge >= 0.3 is 0 Å². The molecule has 0 unspecified atom stereocenters. The molecule has 3 N–H and O–H groups in total. The number of aryl methyl sites for hydroxylation is 1. The Bertz CT molecular complexity index is 751. The summed E-state index contributed by atoms with van der Waals surface area (Å²) in [5.74, 6) is 1.24. The number of aromatic amines is 1. The Morgan fingerprint density at radius 2 is 2.24 bits per heavy atom. The zero-order valence-corrected chi connectivity index (χ0v) is 11.6. The van der Waals surface area contributed by atoms with Crippen molar-refractivity contribution in [2.24, 2.45) is 0 Å². The van der Waals surface area contributed by atoms with E-state index >= 15 is 0 Å². The van der Waals surface area contributed by atoms with E-state index in [0.29, 0.717) is 12.4 Å². The Balaban J connectivity index is 1.76. The van der Waals surface area contributed by atoms with Crippen LogP contribution in [0.3, 0.4) is 0 Å². The standard InChI is InChI=1S/C16H15N4O/c1-11-15(9-19-20-11)13-3-2-4-14(8-13)21-10-12-5-6-18-16(17)7-12/h3-9H,10H2,1H3,(H2,17,18)(H,19,20). The molecular weight excluding hydrogens is 264 g/mol. The first kappa shape index (κ1) is 13.2. The zero-order chi connectivity index (χ0) is 14.7. The van der Waals surface area contributed by atoms with Crippen molar-refractivity contribution in [3.8, 4) is 16.9 Å². The monoisotopic (exact) mass is 279 g/mol. The summed E-state index contributed by atoms with van der Waals surface area (Å²) in [6.07, 6.45) is 3.54. The predicted molar refractivity (Wildman–Crippen MR) is 80.6 cm³/mol. The van der Waals surface area contributed by atoms with Crippen molar-refractivity contribution in [3.05, 3.63) is 60.0 Å². The van der Waals surface area contributed by atoms with Crippen LogP contribution in [0.25, 0.3) is 11.1 Å². The highest BCUT2D eigenvalue weighted by molar-refractivity contribution is 5.66. The number of pyridine rings is 1. The first-order chi connectivity index (χ1) is 10.2. The fourth-order valence-corrected chi connectivity index (χ4v) is 2.09. The molecule has 0 fully saturated rings.